The van der Waals surface area contributed by atoms with Gasteiger partial charge in [-0.25, -0.2) is 4.98 Å². The van der Waals surface area contributed by atoms with E-state index in [0.717, 1.165) is 0 Å². The summed E-state index contributed by atoms with van der Waals surface area (Å²) in [7, 11) is 0. The lowest BCUT2D eigenvalue weighted by Crippen LogP contribution is -2.17. The third kappa shape index (κ3) is 2.93. The van der Waals surface area contributed by atoms with Gasteiger partial charge >= 0.3 is 6.30 Å². The highest BCUT2D eigenvalue weighted by Gasteiger charge is 2.28. The number of hydrogen-bond donors (Lipinski definition) is 0. The van der Waals surface area contributed by atoms with E-state index >= 15 is 0 Å². The van der Waals surface area contributed by atoms with Crippen LogP contribution in [0.3, 0.4) is 0 Å². The Kier molecular flexibility index (Phi) is 2.95. The molecule has 6 heteroatoms. The molecule has 1 heterocycles. The molecule has 0 spiro atoms. The van der Waals surface area contributed by atoms with Crippen molar-refractivity contribution >= 4 is 5.84 Å². The molecular weight excluding hydrogens is 231 g/mol. The van der Waals surface area contributed by atoms with E-state index in [1.54, 1.807) is 30.3 Å². The molecule has 0 saturated carbocycles. The number of aromatic nitrogens is 2. The van der Waals surface area contributed by atoms with Gasteiger partial charge in [-0.15, -0.1) is 13.2 Å². The average molecular weight is 239 g/mol. The van der Waals surface area contributed by atoms with Crippen LogP contribution >= 0.6 is 0 Å². The van der Waals surface area contributed by atoms with E-state index in [4.69, 9.17) is 0 Å². The number of hydrogen-bond acceptors (Lipinski definition) is 2. The van der Waals surface area contributed by atoms with Gasteiger partial charge in [-0.3, -0.25) is 4.57 Å². The lowest BCUT2D eigenvalue weighted by Gasteiger charge is -2.08. The zero-order valence-electron chi connectivity index (χ0n) is 8.59. The Morgan fingerprint density at radius 2 is 1.88 bits per heavy atom. The maximum Gasteiger partial charge on any atom is 0.505 e. The summed E-state index contributed by atoms with van der Waals surface area (Å²) in [5, 5.41) is 0. The fraction of sp³-hybridized carbons (Fsp3) is 0.0909. The summed E-state index contributed by atoms with van der Waals surface area (Å²) >= 11 is 0. The summed E-state index contributed by atoms with van der Waals surface area (Å²) < 4.78 is 38.3. The van der Waals surface area contributed by atoms with Crippen molar-refractivity contribution in [3.63, 3.8) is 0 Å². The molecule has 0 fully saturated rings. The molecule has 1 aromatic carbocycles. The predicted molar refractivity (Wildman–Crippen MR) is 56.7 cm³/mol. The molecule has 2 rings (SSSR count). The first-order chi connectivity index (χ1) is 8.06. The number of aliphatic imine (C=N–C) groups is 1. The minimum absolute atomic E-state index is 0.199. The van der Waals surface area contributed by atoms with Gasteiger partial charge in [0.15, 0.2) is 0 Å². The molecule has 1 aromatic heterocycles. The van der Waals surface area contributed by atoms with Crippen LogP contribution in [0.1, 0.15) is 5.56 Å². The van der Waals surface area contributed by atoms with Crippen LogP contribution in [0.5, 0.6) is 0 Å². The molecule has 0 aliphatic rings. The fourth-order valence-corrected chi connectivity index (χ4v) is 1.36. The molecule has 17 heavy (non-hydrogen) atoms. The van der Waals surface area contributed by atoms with Crippen LogP contribution in [0.15, 0.2) is 54.0 Å². The maximum absolute atomic E-state index is 12.4. The first kappa shape index (κ1) is 11.4. The molecule has 0 saturated heterocycles. The van der Waals surface area contributed by atoms with Gasteiger partial charge in [0.25, 0.3) is 0 Å². The Labute approximate surface area is 95.2 Å². The minimum atomic E-state index is -4.62. The molecule has 0 amide bonds. The average Bonchev–Trinajstić information content (AvgIpc) is 2.79. The van der Waals surface area contributed by atoms with E-state index in [2.05, 4.69) is 9.98 Å². The van der Waals surface area contributed by atoms with Crippen LogP contribution in [0, 0.1) is 0 Å². The van der Waals surface area contributed by atoms with Crippen LogP contribution in [0.4, 0.5) is 13.2 Å². The van der Waals surface area contributed by atoms with E-state index in [1.165, 1.54) is 23.3 Å². The Hall–Kier alpha value is -2.11. The molecule has 3 nitrogen and oxygen atoms in total. The molecule has 0 aliphatic carbocycles. The van der Waals surface area contributed by atoms with Crippen molar-refractivity contribution in [3.05, 3.63) is 54.6 Å². The summed E-state index contributed by atoms with van der Waals surface area (Å²) in [4.78, 5) is 6.47. The standard InChI is InChI=1S/C11H8F3N3/c12-11(13,14)16-10(17-7-6-15-8-17)9-4-2-1-3-5-9/h1-8H/b16-10+. The molecule has 0 aliphatic heterocycles. The summed E-state index contributed by atoms with van der Waals surface area (Å²) in [6.45, 7) is 0. The molecule has 0 radical (unpaired) electrons. The Balaban J connectivity index is 2.50. The number of nitrogens with zero attached hydrogens (tertiary/aromatic N) is 3. The van der Waals surface area contributed by atoms with Gasteiger partial charge in [0, 0.05) is 18.0 Å². The van der Waals surface area contributed by atoms with Gasteiger partial charge in [-0.05, 0) is 0 Å². The van der Waals surface area contributed by atoms with Crippen LogP contribution in [0.2, 0.25) is 0 Å². The Bertz CT molecular complexity index is 501. The van der Waals surface area contributed by atoms with E-state index in [9.17, 15) is 13.2 Å². The molecular formula is C11H8F3N3. The van der Waals surface area contributed by atoms with Crippen molar-refractivity contribution in [1.82, 2.24) is 9.55 Å². The maximum atomic E-state index is 12.4. The van der Waals surface area contributed by atoms with Crippen molar-refractivity contribution in [2.45, 2.75) is 6.30 Å². The van der Waals surface area contributed by atoms with E-state index in [1.807, 2.05) is 0 Å². The van der Waals surface area contributed by atoms with Crippen molar-refractivity contribution in [3.8, 4) is 0 Å². The summed E-state index contributed by atoms with van der Waals surface area (Å²) in [5.74, 6) is -0.199. The highest BCUT2D eigenvalue weighted by molar-refractivity contribution is 6.00. The monoisotopic (exact) mass is 239 g/mol. The summed E-state index contributed by atoms with van der Waals surface area (Å²) in [6.07, 6.45) is -0.528. The lowest BCUT2D eigenvalue weighted by molar-refractivity contribution is -0.119. The van der Waals surface area contributed by atoms with Crippen molar-refractivity contribution < 1.29 is 13.2 Å². The van der Waals surface area contributed by atoms with Gasteiger partial charge in [-0.1, -0.05) is 30.3 Å². The van der Waals surface area contributed by atoms with E-state index in [0.29, 0.717) is 5.56 Å². The normalized spacial score (nSPS) is 12.8. The number of alkyl halides is 3. The quantitative estimate of drug-likeness (QED) is 0.427. The lowest BCUT2D eigenvalue weighted by atomic mass is 10.2. The predicted octanol–water partition coefficient (Wildman–Crippen LogP) is 2.70. The second-order valence-electron chi connectivity index (χ2n) is 3.24. The van der Waals surface area contributed by atoms with E-state index in [-0.39, 0.29) is 5.84 Å². The topological polar surface area (TPSA) is 30.2 Å². The van der Waals surface area contributed by atoms with Gasteiger partial charge in [0.1, 0.15) is 12.2 Å². The zero-order chi connectivity index (χ0) is 12.3. The first-order valence-electron chi connectivity index (χ1n) is 4.76. The zero-order valence-corrected chi connectivity index (χ0v) is 8.59. The number of benzene rings is 1. The number of rotatable bonds is 1. The highest BCUT2D eigenvalue weighted by Crippen LogP contribution is 2.18. The van der Waals surface area contributed by atoms with Crippen molar-refractivity contribution in [2.75, 3.05) is 0 Å². The van der Waals surface area contributed by atoms with Gasteiger partial charge in [0.2, 0.25) is 0 Å². The van der Waals surface area contributed by atoms with Crippen LogP contribution in [-0.4, -0.2) is 21.7 Å². The third-order valence-electron chi connectivity index (χ3n) is 2.01. The van der Waals surface area contributed by atoms with Crippen LogP contribution in [0.25, 0.3) is 0 Å². The second kappa shape index (κ2) is 4.40. The molecule has 0 unspecified atom stereocenters. The fourth-order valence-electron chi connectivity index (χ4n) is 1.36. The van der Waals surface area contributed by atoms with Gasteiger partial charge in [-0.2, -0.15) is 4.99 Å². The first-order valence-corrected chi connectivity index (χ1v) is 4.76. The second-order valence-corrected chi connectivity index (χ2v) is 3.24. The van der Waals surface area contributed by atoms with Crippen molar-refractivity contribution in [1.29, 1.82) is 0 Å². The molecule has 0 N–H and O–H groups in total. The Morgan fingerprint density at radius 1 is 1.18 bits per heavy atom. The number of imidazole rings is 1. The largest absolute Gasteiger partial charge is 0.505 e. The summed E-state index contributed by atoms with van der Waals surface area (Å²) in [5.41, 5.74) is 0.378. The van der Waals surface area contributed by atoms with Gasteiger partial charge in [0.05, 0.1) is 0 Å². The molecule has 0 bridgehead atoms. The Morgan fingerprint density at radius 3 is 2.41 bits per heavy atom. The third-order valence-corrected chi connectivity index (χ3v) is 2.01. The molecule has 0 atom stereocenters. The minimum Gasteiger partial charge on any atom is -0.290 e. The van der Waals surface area contributed by atoms with Crippen molar-refractivity contribution in [2.24, 2.45) is 4.99 Å². The summed E-state index contributed by atoms with van der Waals surface area (Å²) in [6, 6.07) is 8.15. The van der Waals surface area contributed by atoms with E-state index < -0.39 is 6.30 Å². The molecule has 2 aromatic rings. The smallest absolute Gasteiger partial charge is 0.290 e. The SMILES string of the molecule is FC(F)(F)/N=C(\c1ccccc1)n1ccnc1. The highest BCUT2D eigenvalue weighted by atomic mass is 19.4. The van der Waals surface area contributed by atoms with Crippen LogP contribution in [-0.2, 0) is 0 Å². The van der Waals surface area contributed by atoms with Crippen LogP contribution < -0.4 is 0 Å². The molecule has 88 valence electrons. The number of halogens is 3. The van der Waals surface area contributed by atoms with Gasteiger partial charge < -0.3 is 0 Å².